The lowest BCUT2D eigenvalue weighted by atomic mass is 10.0. The van der Waals surface area contributed by atoms with E-state index in [0.717, 1.165) is 36.3 Å². The number of rotatable bonds is 7. The molecule has 0 fully saturated rings. The zero-order valence-electron chi connectivity index (χ0n) is 15.4. The molecule has 1 aliphatic heterocycles. The second kappa shape index (κ2) is 8.50. The first kappa shape index (κ1) is 18.7. The fourth-order valence-corrected chi connectivity index (χ4v) is 3.47. The van der Waals surface area contributed by atoms with E-state index in [0.29, 0.717) is 30.6 Å². The maximum atomic E-state index is 12.0. The van der Waals surface area contributed by atoms with Crippen LogP contribution < -0.4 is 4.90 Å². The first-order valence-electron chi connectivity index (χ1n) is 9.11. The maximum Gasteiger partial charge on any atom is 0.338 e. The van der Waals surface area contributed by atoms with Crippen molar-refractivity contribution >= 4 is 17.4 Å². The number of esters is 1. The van der Waals surface area contributed by atoms with E-state index in [1.807, 2.05) is 30.3 Å². The highest BCUT2D eigenvalue weighted by atomic mass is 16.5. The number of hydrogen-bond donors (Lipinski definition) is 0. The van der Waals surface area contributed by atoms with E-state index >= 15 is 0 Å². The lowest BCUT2D eigenvalue weighted by Gasteiger charge is -2.20. The van der Waals surface area contributed by atoms with Crippen LogP contribution in [0.15, 0.2) is 42.5 Å². The van der Waals surface area contributed by atoms with Gasteiger partial charge in [0.1, 0.15) is 11.9 Å². The highest BCUT2D eigenvalue weighted by molar-refractivity contribution is 5.89. The Kier molecular flexibility index (Phi) is 5.87. The third kappa shape index (κ3) is 4.53. The van der Waals surface area contributed by atoms with Crippen molar-refractivity contribution in [2.24, 2.45) is 0 Å². The molecular formula is C22H22N2O3. The van der Waals surface area contributed by atoms with Crippen LogP contribution in [0, 0.1) is 11.3 Å². The SMILES string of the molecule is CC(=O)Cc1cc(C#N)c2c(c1)CCN2CCCOC(=O)c1ccccc1. The molecule has 5 nitrogen and oxygen atoms in total. The second-order valence-electron chi connectivity index (χ2n) is 6.73. The van der Waals surface area contributed by atoms with Crippen LogP contribution in [-0.4, -0.2) is 31.4 Å². The number of anilines is 1. The molecule has 2 aromatic rings. The molecule has 0 bridgehead atoms. The van der Waals surface area contributed by atoms with Crippen LogP contribution in [0.1, 0.15) is 40.4 Å². The van der Waals surface area contributed by atoms with Gasteiger partial charge >= 0.3 is 5.97 Å². The van der Waals surface area contributed by atoms with E-state index in [2.05, 4.69) is 11.0 Å². The fourth-order valence-electron chi connectivity index (χ4n) is 3.47. The Hall–Kier alpha value is -3.13. The quantitative estimate of drug-likeness (QED) is 0.558. The lowest BCUT2D eigenvalue weighted by Crippen LogP contribution is -2.24. The molecule has 0 saturated carbocycles. The molecule has 3 rings (SSSR count). The van der Waals surface area contributed by atoms with E-state index in [1.54, 1.807) is 19.1 Å². The number of benzene rings is 2. The third-order valence-electron chi connectivity index (χ3n) is 4.60. The van der Waals surface area contributed by atoms with E-state index in [9.17, 15) is 14.9 Å². The number of hydrogen-bond acceptors (Lipinski definition) is 5. The summed E-state index contributed by atoms with van der Waals surface area (Å²) in [4.78, 5) is 25.5. The van der Waals surface area contributed by atoms with Crippen LogP contribution in [0.5, 0.6) is 0 Å². The van der Waals surface area contributed by atoms with Gasteiger partial charge in [-0.3, -0.25) is 4.79 Å². The number of carbonyl (C=O) groups excluding carboxylic acids is 2. The minimum Gasteiger partial charge on any atom is -0.462 e. The Balaban J connectivity index is 1.59. The summed E-state index contributed by atoms with van der Waals surface area (Å²) in [7, 11) is 0. The molecule has 1 heterocycles. The molecule has 0 unspecified atom stereocenters. The Morgan fingerprint density at radius 1 is 1.22 bits per heavy atom. The monoisotopic (exact) mass is 362 g/mol. The van der Waals surface area contributed by atoms with E-state index < -0.39 is 0 Å². The molecule has 1 aliphatic rings. The summed E-state index contributed by atoms with van der Waals surface area (Å²) in [5.74, 6) is -0.224. The molecule has 27 heavy (non-hydrogen) atoms. The summed E-state index contributed by atoms with van der Waals surface area (Å²) in [6, 6.07) is 15.0. The molecule has 0 aliphatic carbocycles. The van der Waals surface area contributed by atoms with Crippen molar-refractivity contribution in [3.8, 4) is 6.07 Å². The molecule has 2 aromatic carbocycles. The minimum atomic E-state index is -0.316. The Morgan fingerprint density at radius 3 is 2.70 bits per heavy atom. The predicted octanol–water partition coefficient (Wildman–Crippen LogP) is 3.30. The largest absolute Gasteiger partial charge is 0.462 e. The number of nitriles is 1. The smallest absolute Gasteiger partial charge is 0.338 e. The van der Waals surface area contributed by atoms with Gasteiger partial charge in [0.15, 0.2) is 0 Å². The van der Waals surface area contributed by atoms with Gasteiger partial charge in [-0.25, -0.2) is 4.79 Å². The number of Topliss-reactive ketones (excluding diaryl/α,β-unsaturated/α-hetero) is 1. The molecule has 0 saturated heterocycles. The van der Waals surface area contributed by atoms with Gasteiger partial charge in [-0.2, -0.15) is 5.26 Å². The van der Waals surface area contributed by atoms with E-state index in [-0.39, 0.29) is 11.8 Å². The minimum absolute atomic E-state index is 0.0916. The first-order chi connectivity index (χ1) is 13.1. The number of ketones is 1. The molecule has 0 spiro atoms. The topological polar surface area (TPSA) is 70.4 Å². The molecule has 0 radical (unpaired) electrons. The van der Waals surface area contributed by atoms with Crippen molar-refractivity contribution in [1.29, 1.82) is 5.26 Å². The van der Waals surface area contributed by atoms with Crippen LogP contribution in [0.3, 0.4) is 0 Å². The van der Waals surface area contributed by atoms with Crippen molar-refractivity contribution in [1.82, 2.24) is 0 Å². The Bertz CT molecular complexity index is 884. The van der Waals surface area contributed by atoms with Crippen molar-refractivity contribution in [3.05, 3.63) is 64.7 Å². The number of fused-ring (bicyclic) bond motifs is 1. The van der Waals surface area contributed by atoms with Crippen molar-refractivity contribution in [2.75, 3.05) is 24.6 Å². The summed E-state index contributed by atoms with van der Waals surface area (Å²) in [6.45, 7) is 3.45. The average molecular weight is 362 g/mol. The highest BCUT2D eigenvalue weighted by Crippen LogP contribution is 2.33. The predicted molar refractivity (Wildman–Crippen MR) is 103 cm³/mol. The number of carbonyl (C=O) groups is 2. The molecule has 138 valence electrons. The van der Waals surface area contributed by atoms with Gasteiger partial charge in [0.2, 0.25) is 0 Å². The van der Waals surface area contributed by atoms with E-state index in [1.165, 1.54) is 0 Å². The molecule has 0 N–H and O–H groups in total. The summed E-state index contributed by atoms with van der Waals surface area (Å²) in [5, 5.41) is 9.52. The van der Waals surface area contributed by atoms with Gasteiger partial charge in [-0.15, -0.1) is 0 Å². The fraction of sp³-hybridized carbons (Fsp3) is 0.318. The van der Waals surface area contributed by atoms with Crippen LogP contribution in [0.25, 0.3) is 0 Å². The summed E-state index contributed by atoms with van der Waals surface area (Å²) in [6.07, 6.45) is 1.91. The molecule has 0 atom stereocenters. The Morgan fingerprint density at radius 2 is 2.00 bits per heavy atom. The van der Waals surface area contributed by atoms with Crippen molar-refractivity contribution in [2.45, 2.75) is 26.2 Å². The third-order valence-corrected chi connectivity index (χ3v) is 4.60. The highest BCUT2D eigenvalue weighted by Gasteiger charge is 2.23. The standard InChI is InChI=1S/C22H22N2O3/c1-16(25)12-17-13-19-8-10-24(21(19)20(14-17)15-23)9-5-11-27-22(26)18-6-3-2-4-7-18/h2-4,6-7,13-14H,5,8-12H2,1H3. The number of ether oxygens (including phenoxy) is 1. The number of nitrogens with zero attached hydrogens (tertiary/aromatic N) is 2. The zero-order valence-corrected chi connectivity index (χ0v) is 15.4. The van der Waals surface area contributed by atoms with Crippen LogP contribution in [0.2, 0.25) is 0 Å². The molecule has 0 amide bonds. The first-order valence-corrected chi connectivity index (χ1v) is 9.11. The molecular weight excluding hydrogens is 340 g/mol. The lowest BCUT2D eigenvalue weighted by molar-refractivity contribution is -0.116. The van der Waals surface area contributed by atoms with Gasteiger partial charge in [-0.05, 0) is 49.1 Å². The normalized spacial score (nSPS) is 12.4. The maximum absolute atomic E-state index is 12.0. The Labute approximate surface area is 159 Å². The zero-order chi connectivity index (χ0) is 19.2. The van der Waals surface area contributed by atoms with Crippen LogP contribution in [-0.2, 0) is 22.4 Å². The summed E-state index contributed by atoms with van der Waals surface area (Å²) < 4.78 is 5.33. The molecule has 5 heteroatoms. The van der Waals surface area contributed by atoms with Gasteiger partial charge in [-0.1, -0.05) is 24.3 Å². The van der Waals surface area contributed by atoms with E-state index in [4.69, 9.17) is 4.74 Å². The molecule has 0 aromatic heterocycles. The van der Waals surface area contributed by atoms with Gasteiger partial charge in [0, 0.05) is 19.5 Å². The van der Waals surface area contributed by atoms with Crippen LogP contribution in [0.4, 0.5) is 5.69 Å². The van der Waals surface area contributed by atoms with Crippen molar-refractivity contribution in [3.63, 3.8) is 0 Å². The van der Waals surface area contributed by atoms with Gasteiger partial charge in [0.05, 0.1) is 23.4 Å². The second-order valence-corrected chi connectivity index (χ2v) is 6.73. The van der Waals surface area contributed by atoms with Crippen molar-refractivity contribution < 1.29 is 14.3 Å². The average Bonchev–Trinajstić information content (AvgIpc) is 3.07. The summed E-state index contributed by atoms with van der Waals surface area (Å²) in [5.41, 5.74) is 4.14. The summed E-state index contributed by atoms with van der Waals surface area (Å²) >= 11 is 0. The van der Waals surface area contributed by atoms with Crippen LogP contribution >= 0.6 is 0 Å². The van der Waals surface area contributed by atoms with Gasteiger partial charge < -0.3 is 9.64 Å². The van der Waals surface area contributed by atoms with Gasteiger partial charge in [0.25, 0.3) is 0 Å².